The second-order valence-electron chi connectivity index (χ2n) is 4.82. The molecule has 0 spiro atoms. The summed E-state index contributed by atoms with van der Waals surface area (Å²) in [5.74, 6) is 0.599. The fraction of sp³-hybridized carbons (Fsp3) is 0.500. The van der Waals surface area contributed by atoms with E-state index in [0.29, 0.717) is 12.5 Å². The van der Waals surface area contributed by atoms with Gasteiger partial charge in [0.1, 0.15) is 6.54 Å². The van der Waals surface area contributed by atoms with Crippen molar-refractivity contribution in [2.75, 3.05) is 19.6 Å². The first-order chi connectivity index (χ1) is 10.2. The lowest BCUT2D eigenvalue weighted by Crippen LogP contribution is -2.39. The van der Waals surface area contributed by atoms with Crippen LogP contribution in [0.25, 0.3) is 0 Å². The van der Waals surface area contributed by atoms with Crippen molar-refractivity contribution in [2.45, 2.75) is 33.2 Å². The Morgan fingerprint density at radius 1 is 1.18 bits per heavy atom. The van der Waals surface area contributed by atoms with Crippen molar-refractivity contribution in [1.82, 2.24) is 16.0 Å². The molecule has 1 amide bonds. The molecule has 3 N–H and O–H groups in total. The topological polar surface area (TPSA) is 65.5 Å². The molecule has 0 heterocycles. The van der Waals surface area contributed by atoms with Gasteiger partial charge in [-0.25, -0.2) is 4.99 Å². The van der Waals surface area contributed by atoms with Crippen LogP contribution < -0.4 is 16.0 Å². The maximum Gasteiger partial charge on any atom is 0.241 e. The molecule has 1 aromatic rings. The zero-order chi connectivity index (χ0) is 15.5. The second-order valence-corrected chi connectivity index (χ2v) is 4.82. The normalized spacial score (nSPS) is 12.0. The van der Waals surface area contributed by atoms with E-state index in [1.54, 1.807) is 0 Å². The molecular weight excluding hydrogens is 391 g/mol. The van der Waals surface area contributed by atoms with E-state index < -0.39 is 0 Å². The number of aliphatic imine (C=N–C) groups is 1. The Morgan fingerprint density at radius 2 is 1.86 bits per heavy atom. The van der Waals surface area contributed by atoms with E-state index in [2.05, 4.69) is 40.0 Å². The molecule has 0 saturated heterocycles. The first-order valence-electron chi connectivity index (χ1n) is 7.53. The van der Waals surface area contributed by atoms with E-state index in [0.717, 1.165) is 13.0 Å². The van der Waals surface area contributed by atoms with Crippen LogP contribution in [0.3, 0.4) is 0 Å². The van der Waals surface area contributed by atoms with Crippen molar-refractivity contribution in [1.29, 1.82) is 0 Å². The monoisotopic (exact) mass is 418 g/mol. The molecule has 1 atom stereocenters. The Bertz CT molecular complexity index is 451. The van der Waals surface area contributed by atoms with Gasteiger partial charge in [-0.3, -0.25) is 4.79 Å². The SMILES string of the molecule is CCCNC(=O)CN=C(NCC)NC(C)c1ccccc1.I. The molecule has 0 aliphatic heterocycles. The Kier molecular flexibility index (Phi) is 11.5. The van der Waals surface area contributed by atoms with Crippen LogP contribution in [-0.2, 0) is 4.79 Å². The van der Waals surface area contributed by atoms with Crippen LogP contribution in [0.2, 0.25) is 0 Å². The summed E-state index contributed by atoms with van der Waals surface area (Å²) in [6.45, 7) is 7.68. The molecule has 5 nitrogen and oxygen atoms in total. The van der Waals surface area contributed by atoms with Crippen molar-refractivity contribution < 1.29 is 4.79 Å². The van der Waals surface area contributed by atoms with Gasteiger partial charge in [-0.2, -0.15) is 0 Å². The maximum atomic E-state index is 11.6. The number of carbonyl (C=O) groups is 1. The number of halogens is 1. The van der Waals surface area contributed by atoms with Crippen LogP contribution in [0.5, 0.6) is 0 Å². The minimum atomic E-state index is -0.0542. The molecule has 1 aromatic carbocycles. The van der Waals surface area contributed by atoms with E-state index in [9.17, 15) is 4.79 Å². The minimum Gasteiger partial charge on any atom is -0.357 e. The van der Waals surface area contributed by atoms with Crippen molar-refractivity contribution in [3.05, 3.63) is 35.9 Å². The van der Waals surface area contributed by atoms with E-state index in [-0.39, 0.29) is 42.5 Å². The van der Waals surface area contributed by atoms with Crippen LogP contribution in [0, 0.1) is 0 Å². The molecule has 0 saturated carbocycles. The first kappa shape index (κ1) is 20.7. The lowest BCUT2D eigenvalue weighted by atomic mass is 10.1. The number of rotatable bonds is 7. The van der Waals surface area contributed by atoms with Gasteiger partial charge in [-0.05, 0) is 25.8 Å². The Labute approximate surface area is 150 Å². The predicted octanol–water partition coefficient (Wildman–Crippen LogP) is 2.45. The number of benzene rings is 1. The van der Waals surface area contributed by atoms with Gasteiger partial charge >= 0.3 is 0 Å². The molecular formula is C16H27IN4O. The molecule has 124 valence electrons. The van der Waals surface area contributed by atoms with E-state index >= 15 is 0 Å². The second kappa shape index (κ2) is 12.3. The molecule has 0 aliphatic rings. The molecule has 0 aliphatic carbocycles. The van der Waals surface area contributed by atoms with Gasteiger partial charge in [0.05, 0.1) is 6.04 Å². The summed E-state index contributed by atoms with van der Waals surface area (Å²) < 4.78 is 0. The molecule has 0 radical (unpaired) electrons. The van der Waals surface area contributed by atoms with Crippen LogP contribution in [0.15, 0.2) is 35.3 Å². The third-order valence-corrected chi connectivity index (χ3v) is 2.95. The summed E-state index contributed by atoms with van der Waals surface area (Å²) in [6, 6.07) is 10.3. The van der Waals surface area contributed by atoms with Gasteiger partial charge in [0.15, 0.2) is 5.96 Å². The maximum absolute atomic E-state index is 11.6. The number of nitrogens with zero attached hydrogens (tertiary/aromatic N) is 1. The van der Waals surface area contributed by atoms with Crippen molar-refractivity contribution in [3.8, 4) is 0 Å². The average molecular weight is 418 g/mol. The van der Waals surface area contributed by atoms with Crippen LogP contribution in [-0.4, -0.2) is 31.5 Å². The average Bonchev–Trinajstić information content (AvgIpc) is 2.51. The Balaban J connectivity index is 0.00000441. The van der Waals surface area contributed by atoms with Crippen LogP contribution >= 0.6 is 24.0 Å². The largest absolute Gasteiger partial charge is 0.357 e. The summed E-state index contributed by atoms with van der Waals surface area (Å²) in [5, 5.41) is 9.27. The van der Waals surface area contributed by atoms with Crippen molar-refractivity contribution in [2.24, 2.45) is 4.99 Å². The standard InChI is InChI=1S/C16H26N4O.HI/c1-4-11-18-15(21)12-19-16(17-5-2)20-13(3)14-9-7-6-8-10-14;/h6-10,13H,4-5,11-12H2,1-3H3,(H,18,21)(H2,17,19,20);1H. The number of carbonyl (C=O) groups excluding carboxylic acids is 1. The van der Waals surface area contributed by atoms with Gasteiger partial charge in [0, 0.05) is 13.1 Å². The summed E-state index contributed by atoms with van der Waals surface area (Å²) in [5.41, 5.74) is 1.18. The zero-order valence-electron chi connectivity index (χ0n) is 13.6. The van der Waals surface area contributed by atoms with E-state index in [1.807, 2.05) is 32.0 Å². The summed E-state index contributed by atoms with van der Waals surface area (Å²) in [6.07, 6.45) is 0.929. The van der Waals surface area contributed by atoms with E-state index in [4.69, 9.17) is 0 Å². The number of amides is 1. The van der Waals surface area contributed by atoms with Crippen LogP contribution in [0.1, 0.15) is 38.8 Å². The summed E-state index contributed by atoms with van der Waals surface area (Å²) >= 11 is 0. The molecule has 1 unspecified atom stereocenters. The number of guanidine groups is 1. The van der Waals surface area contributed by atoms with Gasteiger partial charge in [-0.15, -0.1) is 24.0 Å². The lowest BCUT2D eigenvalue weighted by Gasteiger charge is -2.18. The first-order valence-corrected chi connectivity index (χ1v) is 7.53. The van der Waals surface area contributed by atoms with Gasteiger partial charge in [0.25, 0.3) is 0 Å². The summed E-state index contributed by atoms with van der Waals surface area (Å²) in [7, 11) is 0. The fourth-order valence-corrected chi connectivity index (χ4v) is 1.82. The highest BCUT2D eigenvalue weighted by Crippen LogP contribution is 2.10. The summed E-state index contributed by atoms with van der Waals surface area (Å²) in [4.78, 5) is 15.9. The zero-order valence-corrected chi connectivity index (χ0v) is 15.9. The molecule has 6 heteroatoms. The number of hydrogen-bond donors (Lipinski definition) is 3. The molecule has 0 aromatic heterocycles. The van der Waals surface area contributed by atoms with Crippen LogP contribution in [0.4, 0.5) is 0 Å². The van der Waals surface area contributed by atoms with Gasteiger partial charge in [-0.1, -0.05) is 37.3 Å². The predicted molar refractivity (Wildman–Crippen MR) is 103 cm³/mol. The highest BCUT2D eigenvalue weighted by molar-refractivity contribution is 14.0. The van der Waals surface area contributed by atoms with E-state index in [1.165, 1.54) is 5.56 Å². The van der Waals surface area contributed by atoms with Crippen molar-refractivity contribution in [3.63, 3.8) is 0 Å². The highest BCUT2D eigenvalue weighted by Gasteiger charge is 2.07. The number of hydrogen-bond acceptors (Lipinski definition) is 2. The fourth-order valence-electron chi connectivity index (χ4n) is 1.82. The highest BCUT2D eigenvalue weighted by atomic mass is 127. The van der Waals surface area contributed by atoms with Crippen molar-refractivity contribution >= 4 is 35.8 Å². The number of nitrogens with one attached hydrogen (secondary N) is 3. The molecule has 0 fully saturated rings. The molecule has 1 rings (SSSR count). The Morgan fingerprint density at radius 3 is 2.45 bits per heavy atom. The lowest BCUT2D eigenvalue weighted by molar-refractivity contribution is -0.119. The Hall–Kier alpha value is -1.31. The van der Waals surface area contributed by atoms with Gasteiger partial charge < -0.3 is 16.0 Å². The molecule has 22 heavy (non-hydrogen) atoms. The van der Waals surface area contributed by atoms with Gasteiger partial charge in [0.2, 0.25) is 5.91 Å². The third-order valence-electron chi connectivity index (χ3n) is 2.95. The minimum absolute atomic E-state index is 0. The third kappa shape index (κ3) is 8.21. The smallest absolute Gasteiger partial charge is 0.241 e. The quantitative estimate of drug-likeness (QED) is 0.362. The molecule has 0 bridgehead atoms.